The Morgan fingerprint density at radius 1 is 1.26 bits per heavy atom. The summed E-state index contributed by atoms with van der Waals surface area (Å²) in [6, 6.07) is 6.41. The number of nitrogens with one attached hydrogen (secondary N) is 1. The Morgan fingerprint density at radius 3 is 2.43 bits per heavy atom. The first kappa shape index (κ1) is 18.2. The number of nitrogens with zero attached hydrogens (tertiary/aromatic N) is 2. The summed E-state index contributed by atoms with van der Waals surface area (Å²) in [7, 11) is -1.82. The molecule has 1 heterocycles. The third kappa shape index (κ3) is 4.03. The minimum Gasteiger partial charge on any atom is -0.340 e. The van der Waals surface area contributed by atoms with E-state index in [9.17, 15) is 13.2 Å². The van der Waals surface area contributed by atoms with Crippen molar-refractivity contribution in [3.63, 3.8) is 0 Å². The predicted molar refractivity (Wildman–Crippen MR) is 89.9 cm³/mol. The van der Waals surface area contributed by atoms with E-state index in [4.69, 9.17) is 11.6 Å². The van der Waals surface area contributed by atoms with Crippen molar-refractivity contribution in [3.05, 3.63) is 29.3 Å². The number of benzene rings is 1. The largest absolute Gasteiger partial charge is 0.340 e. The van der Waals surface area contributed by atoms with E-state index in [1.165, 1.54) is 10.4 Å². The van der Waals surface area contributed by atoms with Crippen molar-refractivity contribution in [2.75, 3.05) is 39.8 Å². The first-order valence-electron chi connectivity index (χ1n) is 7.56. The van der Waals surface area contributed by atoms with Crippen molar-refractivity contribution in [3.8, 4) is 0 Å². The molecule has 1 N–H and O–H groups in total. The molecule has 128 valence electrons. The van der Waals surface area contributed by atoms with Crippen molar-refractivity contribution in [1.29, 1.82) is 0 Å². The molecule has 0 spiro atoms. The average molecular weight is 360 g/mol. The number of sulfonamides is 1. The summed E-state index contributed by atoms with van der Waals surface area (Å²) in [6.07, 6.45) is 0. The highest BCUT2D eigenvalue weighted by Gasteiger charge is 2.32. The second-order valence-electron chi connectivity index (χ2n) is 5.62. The number of carbonyl (C=O) groups excluding carboxylic acids is 1. The van der Waals surface area contributed by atoms with Gasteiger partial charge in [-0.05, 0) is 19.2 Å². The summed E-state index contributed by atoms with van der Waals surface area (Å²) in [5, 5.41) is 3.20. The van der Waals surface area contributed by atoms with Crippen molar-refractivity contribution >= 4 is 27.5 Å². The lowest BCUT2D eigenvalue weighted by Gasteiger charge is -2.35. The molecule has 8 heteroatoms. The lowest BCUT2D eigenvalue weighted by atomic mass is 10.1. The average Bonchev–Trinajstić information content (AvgIpc) is 2.54. The Hall–Kier alpha value is -1.15. The first-order valence-corrected chi connectivity index (χ1v) is 9.37. The molecule has 0 saturated carbocycles. The zero-order chi connectivity index (χ0) is 17.0. The monoisotopic (exact) mass is 359 g/mol. The molecule has 1 saturated heterocycles. The smallest absolute Gasteiger partial charge is 0.244 e. The number of halogens is 1. The number of carbonyl (C=O) groups is 1. The molecule has 1 aliphatic heterocycles. The predicted octanol–water partition coefficient (Wildman–Crippen LogP) is 1.03. The maximum atomic E-state index is 12.6. The molecule has 1 aromatic rings. The maximum absolute atomic E-state index is 12.6. The van der Waals surface area contributed by atoms with Gasteiger partial charge in [-0.2, -0.15) is 4.31 Å². The number of amides is 1. The zero-order valence-corrected chi connectivity index (χ0v) is 14.9. The third-order valence-corrected chi connectivity index (χ3v) is 6.34. The Labute approximate surface area is 142 Å². The van der Waals surface area contributed by atoms with E-state index < -0.39 is 10.0 Å². The minimum atomic E-state index is -3.62. The minimum absolute atomic E-state index is 0.0501. The fourth-order valence-electron chi connectivity index (χ4n) is 2.65. The van der Waals surface area contributed by atoms with E-state index in [2.05, 4.69) is 5.32 Å². The van der Waals surface area contributed by atoms with Crippen LogP contribution in [0, 0.1) is 5.92 Å². The van der Waals surface area contributed by atoms with Crippen molar-refractivity contribution < 1.29 is 13.2 Å². The van der Waals surface area contributed by atoms with Crippen LogP contribution in [-0.4, -0.2) is 63.3 Å². The normalized spacial score (nSPS) is 18.0. The molecule has 23 heavy (non-hydrogen) atoms. The van der Waals surface area contributed by atoms with Crippen LogP contribution >= 0.6 is 11.6 Å². The third-order valence-electron chi connectivity index (χ3n) is 3.94. The van der Waals surface area contributed by atoms with E-state index >= 15 is 0 Å². The lowest BCUT2D eigenvalue weighted by molar-refractivity contribution is -0.136. The van der Waals surface area contributed by atoms with Crippen LogP contribution < -0.4 is 5.32 Å². The summed E-state index contributed by atoms with van der Waals surface area (Å²) in [5.74, 6) is -0.0686. The molecule has 1 atom stereocenters. The number of rotatable bonds is 5. The number of piperazine rings is 1. The lowest BCUT2D eigenvalue weighted by Crippen LogP contribution is -2.52. The summed E-state index contributed by atoms with van der Waals surface area (Å²) in [5.41, 5.74) is 0. The highest BCUT2D eigenvalue weighted by Crippen LogP contribution is 2.25. The van der Waals surface area contributed by atoms with Gasteiger partial charge in [0, 0.05) is 38.6 Å². The SMILES string of the molecule is CNCC(C)C(=O)N1CCN(S(=O)(=O)c2ccccc2Cl)CC1. The summed E-state index contributed by atoms with van der Waals surface area (Å²) in [6.45, 7) is 3.84. The van der Waals surface area contributed by atoms with Crippen molar-refractivity contribution in [2.24, 2.45) is 5.92 Å². The van der Waals surface area contributed by atoms with Gasteiger partial charge in [-0.1, -0.05) is 30.7 Å². The second-order valence-corrected chi connectivity index (χ2v) is 7.93. The second kappa shape index (κ2) is 7.61. The Morgan fingerprint density at radius 2 is 1.87 bits per heavy atom. The molecule has 1 aromatic carbocycles. The first-order chi connectivity index (χ1) is 10.9. The maximum Gasteiger partial charge on any atom is 0.244 e. The van der Waals surface area contributed by atoms with Crippen LogP contribution in [0.25, 0.3) is 0 Å². The van der Waals surface area contributed by atoms with Crippen molar-refractivity contribution in [1.82, 2.24) is 14.5 Å². The molecule has 2 rings (SSSR count). The molecule has 0 bridgehead atoms. The van der Waals surface area contributed by atoms with Gasteiger partial charge in [-0.25, -0.2) is 8.42 Å². The van der Waals surface area contributed by atoms with Crippen LogP contribution in [0.1, 0.15) is 6.92 Å². The molecule has 1 unspecified atom stereocenters. The molecule has 0 aromatic heterocycles. The molecule has 6 nitrogen and oxygen atoms in total. The van der Waals surface area contributed by atoms with Crippen LogP contribution in [0.15, 0.2) is 29.2 Å². The van der Waals surface area contributed by atoms with Gasteiger partial charge in [-0.3, -0.25) is 4.79 Å². The van der Waals surface area contributed by atoms with E-state index in [-0.39, 0.29) is 34.8 Å². The van der Waals surface area contributed by atoms with Gasteiger partial charge < -0.3 is 10.2 Å². The van der Waals surface area contributed by atoms with Gasteiger partial charge in [-0.15, -0.1) is 0 Å². The van der Waals surface area contributed by atoms with E-state index in [1.54, 1.807) is 30.1 Å². The van der Waals surface area contributed by atoms with Gasteiger partial charge >= 0.3 is 0 Å². The Balaban J connectivity index is 2.04. The molecule has 0 radical (unpaired) electrons. The molecule has 0 aliphatic carbocycles. The molecule has 1 amide bonds. The van der Waals surface area contributed by atoms with E-state index in [1.807, 2.05) is 6.92 Å². The van der Waals surface area contributed by atoms with Crippen LogP contribution in [0.5, 0.6) is 0 Å². The van der Waals surface area contributed by atoms with Crippen LogP contribution in [0.3, 0.4) is 0 Å². The van der Waals surface area contributed by atoms with Crippen LogP contribution in [0.4, 0.5) is 0 Å². The van der Waals surface area contributed by atoms with E-state index in [0.717, 1.165) is 0 Å². The molecular weight excluding hydrogens is 338 g/mol. The van der Waals surface area contributed by atoms with E-state index in [0.29, 0.717) is 19.6 Å². The highest BCUT2D eigenvalue weighted by molar-refractivity contribution is 7.89. The standard InChI is InChI=1S/C15H22ClN3O3S/c1-12(11-17-2)15(20)18-7-9-19(10-8-18)23(21,22)14-6-4-3-5-13(14)16/h3-6,12,17H,7-11H2,1-2H3. The van der Waals surface area contributed by atoms with Crippen molar-refractivity contribution in [2.45, 2.75) is 11.8 Å². The molecular formula is C15H22ClN3O3S. The van der Waals surface area contributed by atoms with Crippen LogP contribution in [0.2, 0.25) is 5.02 Å². The summed E-state index contributed by atoms with van der Waals surface area (Å²) in [4.78, 5) is 14.1. The topological polar surface area (TPSA) is 69.7 Å². The van der Waals surface area contributed by atoms with Gasteiger partial charge in [0.2, 0.25) is 15.9 Å². The molecule has 1 aliphatic rings. The fourth-order valence-corrected chi connectivity index (χ4v) is 4.56. The molecule has 1 fully saturated rings. The Kier molecular flexibility index (Phi) is 6.02. The fraction of sp³-hybridized carbons (Fsp3) is 0.533. The zero-order valence-electron chi connectivity index (χ0n) is 13.3. The number of hydrogen-bond donors (Lipinski definition) is 1. The van der Waals surface area contributed by atoms with Crippen LogP contribution in [-0.2, 0) is 14.8 Å². The van der Waals surface area contributed by atoms with Gasteiger partial charge in [0.05, 0.1) is 5.02 Å². The van der Waals surface area contributed by atoms with Gasteiger partial charge in [0.15, 0.2) is 0 Å². The van der Waals surface area contributed by atoms with Gasteiger partial charge in [0.1, 0.15) is 4.90 Å². The number of hydrogen-bond acceptors (Lipinski definition) is 4. The Bertz CT molecular complexity index is 658. The van der Waals surface area contributed by atoms with Gasteiger partial charge in [0.25, 0.3) is 0 Å². The summed E-state index contributed by atoms with van der Waals surface area (Å²) >= 11 is 6.01. The summed E-state index contributed by atoms with van der Waals surface area (Å²) < 4.78 is 26.7. The highest BCUT2D eigenvalue weighted by atomic mass is 35.5. The quantitative estimate of drug-likeness (QED) is 0.852.